The lowest BCUT2D eigenvalue weighted by atomic mass is 9.88. The topological polar surface area (TPSA) is 54.8 Å². The van der Waals surface area contributed by atoms with Crippen molar-refractivity contribution in [2.45, 2.75) is 39.5 Å². The Labute approximate surface area is 245 Å². The normalized spacial score (nSPS) is 11.7. The lowest BCUT2D eigenvalue weighted by molar-refractivity contribution is 0.669. The van der Waals surface area contributed by atoms with Crippen molar-refractivity contribution < 1.29 is 4.42 Å². The maximum atomic E-state index is 9.52. The fourth-order valence-corrected chi connectivity index (χ4v) is 6.09. The molecule has 0 saturated carbocycles. The minimum Gasteiger partial charge on any atom is -0.455 e. The zero-order chi connectivity index (χ0) is 29.0. The zero-order valence-corrected chi connectivity index (χ0v) is 24.2. The molecular weight excluding hydrogens is 514 g/mol. The molecule has 0 spiro atoms. The van der Waals surface area contributed by atoms with Gasteiger partial charge in [0, 0.05) is 10.8 Å². The summed E-state index contributed by atoms with van der Waals surface area (Å²) in [4.78, 5) is 5.25. The van der Waals surface area contributed by atoms with E-state index in [1.165, 1.54) is 27.9 Å². The molecule has 0 aliphatic rings. The van der Waals surface area contributed by atoms with Crippen molar-refractivity contribution in [3.63, 3.8) is 0 Å². The number of para-hydroxylation sites is 3. The number of hydrogen-bond donors (Lipinski definition) is 0. The highest BCUT2D eigenvalue weighted by Crippen LogP contribution is 2.42. The molecule has 4 nitrogen and oxygen atoms in total. The summed E-state index contributed by atoms with van der Waals surface area (Å²) in [6, 6.07) is 37.8. The summed E-state index contributed by atoms with van der Waals surface area (Å²) in [6.07, 6.45) is 0. The van der Waals surface area contributed by atoms with Crippen LogP contribution in [0, 0.1) is 11.3 Å². The number of nitriles is 1. The van der Waals surface area contributed by atoms with Crippen LogP contribution in [0.4, 0.5) is 0 Å². The second-order valence-corrected chi connectivity index (χ2v) is 11.5. The number of rotatable bonds is 5. The maximum absolute atomic E-state index is 9.52. The second-order valence-electron chi connectivity index (χ2n) is 11.5. The standard InChI is InChI=1S/C38H31N3O/c1-23(2)30-20-27(26-11-6-5-7-12-26)21-31(24(3)4)36(30)41-34-16-9-8-15-33(34)40-38(41)29-14-10-13-28-32-19-25(22-39)17-18-35(32)42-37(28)29/h5-21,23-24H,1-4H3. The Balaban J connectivity index is 1.58. The van der Waals surface area contributed by atoms with E-state index in [1.54, 1.807) is 6.07 Å². The number of furan rings is 1. The van der Waals surface area contributed by atoms with Gasteiger partial charge in [0.15, 0.2) is 0 Å². The first-order valence-electron chi connectivity index (χ1n) is 14.5. The summed E-state index contributed by atoms with van der Waals surface area (Å²) in [5, 5.41) is 11.4. The summed E-state index contributed by atoms with van der Waals surface area (Å²) < 4.78 is 8.84. The van der Waals surface area contributed by atoms with Gasteiger partial charge in [-0.2, -0.15) is 5.26 Å². The van der Waals surface area contributed by atoms with Gasteiger partial charge in [0.25, 0.3) is 0 Å². The van der Waals surface area contributed by atoms with Crippen LogP contribution in [0.5, 0.6) is 0 Å². The molecule has 7 aromatic rings. The molecule has 0 fully saturated rings. The highest BCUT2D eigenvalue weighted by Gasteiger charge is 2.25. The van der Waals surface area contributed by atoms with E-state index < -0.39 is 0 Å². The van der Waals surface area contributed by atoms with Crippen LogP contribution in [-0.2, 0) is 0 Å². The first-order valence-corrected chi connectivity index (χ1v) is 14.5. The molecule has 0 aliphatic heterocycles. The van der Waals surface area contributed by atoms with Crippen LogP contribution < -0.4 is 0 Å². The minimum atomic E-state index is 0.279. The molecule has 0 aliphatic carbocycles. The van der Waals surface area contributed by atoms with E-state index in [-0.39, 0.29) is 11.8 Å². The van der Waals surface area contributed by atoms with Gasteiger partial charge in [-0.05, 0) is 82.6 Å². The number of nitrogens with zero attached hydrogens (tertiary/aromatic N) is 3. The van der Waals surface area contributed by atoms with E-state index in [2.05, 4.69) is 117 Å². The number of hydrogen-bond acceptors (Lipinski definition) is 3. The van der Waals surface area contributed by atoms with Crippen molar-refractivity contribution in [1.82, 2.24) is 9.55 Å². The summed E-state index contributed by atoms with van der Waals surface area (Å²) >= 11 is 0. The molecular formula is C38H31N3O. The van der Waals surface area contributed by atoms with E-state index in [9.17, 15) is 5.26 Å². The van der Waals surface area contributed by atoms with Crippen LogP contribution in [-0.4, -0.2) is 9.55 Å². The molecule has 4 heteroatoms. The highest BCUT2D eigenvalue weighted by molar-refractivity contribution is 6.10. The van der Waals surface area contributed by atoms with Crippen LogP contribution in [0.25, 0.3) is 61.2 Å². The molecule has 0 atom stereocenters. The Morgan fingerprint density at radius 2 is 1.43 bits per heavy atom. The van der Waals surface area contributed by atoms with Gasteiger partial charge in [0.1, 0.15) is 17.0 Å². The van der Waals surface area contributed by atoms with Crippen LogP contribution in [0.1, 0.15) is 56.2 Å². The van der Waals surface area contributed by atoms with Gasteiger partial charge in [-0.25, -0.2) is 4.98 Å². The van der Waals surface area contributed by atoms with E-state index >= 15 is 0 Å². The summed E-state index contributed by atoms with van der Waals surface area (Å²) in [5.74, 6) is 1.40. The second kappa shape index (κ2) is 10.0. The Hall–Kier alpha value is -5.14. The predicted molar refractivity (Wildman–Crippen MR) is 172 cm³/mol. The van der Waals surface area contributed by atoms with Gasteiger partial charge in [-0.15, -0.1) is 0 Å². The van der Waals surface area contributed by atoms with E-state index in [1.807, 2.05) is 18.2 Å². The molecule has 2 heterocycles. The smallest absolute Gasteiger partial charge is 0.149 e. The molecule has 2 aromatic heterocycles. The average Bonchev–Trinajstić information content (AvgIpc) is 3.58. The average molecular weight is 546 g/mol. The fraction of sp³-hybridized carbons (Fsp3) is 0.158. The van der Waals surface area contributed by atoms with Gasteiger partial charge in [0.2, 0.25) is 0 Å². The molecule has 204 valence electrons. The Morgan fingerprint density at radius 1 is 0.714 bits per heavy atom. The number of imidazole rings is 1. The first kappa shape index (κ1) is 25.8. The Bertz CT molecular complexity index is 2130. The van der Waals surface area contributed by atoms with Gasteiger partial charge in [0.05, 0.1) is 33.9 Å². The lowest BCUT2D eigenvalue weighted by Crippen LogP contribution is -2.09. The molecule has 0 bridgehead atoms. The van der Waals surface area contributed by atoms with Gasteiger partial charge in [-0.1, -0.05) is 82.3 Å². The van der Waals surface area contributed by atoms with E-state index in [4.69, 9.17) is 9.40 Å². The van der Waals surface area contributed by atoms with Gasteiger partial charge in [-0.3, -0.25) is 4.57 Å². The van der Waals surface area contributed by atoms with Crippen molar-refractivity contribution in [3.05, 3.63) is 120 Å². The fourth-order valence-electron chi connectivity index (χ4n) is 6.09. The first-order chi connectivity index (χ1) is 20.4. The minimum absolute atomic E-state index is 0.279. The van der Waals surface area contributed by atoms with Crippen LogP contribution in [0.15, 0.2) is 108 Å². The lowest BCUT2D eigenvalue weighted by Gasteiger charge is -2.24. The Morgan fingerprint density at radius 3 is 2.14 bits per heavy atom. The third kappa shape index (κ3) is 4.09. The molecule has 0 unspecified atom stereocenters. The van der Waals surface area contributed by atoms with Crippen LogP contribution in [0.2, 0.25) is 0 Å². The molecule has 0 amide bonds. The third-order valence-corrected chi connectivity index (χ3v) is 8.17. The molecule has 0 N–H and O–H groups in total. The summed E-state index contributed by atoms with van der Waals surface area (Å²) in [7, 11) is 0. The number of aromatic nitrogens is 2. The van der Waals surface area contributed by atoms with Crippen molar-refractivity contribution in [2.75, 3.05) is 0 Å². The molecule has 0 saturated heterocycles. The number of fused-ring (bicyclic) bond motifs is 4. The largest absolute Gasteiger partial charge is 0.455 e. The number of benzene rings is 5. The summed E-state index contributed by atoms with van der Waals surface area (Å²) in [6.45, 7) is 9.07. The monoisotopic (exact) mass is 545 g/mol. The third-order valence-electron chi connectivity index (χ3n) is 8.17. The van der Waals surface area contributed by atoms with Gasteiger partial charge >= 0.3 is 0 Å². The van der Waals surface area contributed by atoms with Crippen molar-refractivity contribution in [2.24, 2.45) is 0 Å². The van der Waals surface area contributed by atoms with E-state index in [0.29, 0.717) is 5.56 Å². The molecule has 42 heavy (non-hydrogen) atoms. The Kier molecular flexibility index (Phi) is 6.17. The van der Waals surface area contributed by atoms with Crippen molar-refractivity contribution in [3.8, 4) is 34.3 Å². The zero-order valence-electron chi connectivity index (χ0n) is 24.2. The van der Waals surface area contributed by atoms with E-state index in [0.717, 1.165) is 44.4 Å². The van der Waals surface area contributed by atoms with Crippen LogP contribution >= 0.6 is 0 Å². The highest BCUT2D eigenvalue weighted by atomic mass is 16.3. The quantitative estimate of drug-likeness (QED) is 0.216. The SMILES string of the molecule is CC(C)c1cc(-c2ccccc2)cc(C(C)C)c1-n1c(-c2cccc3c2oc2ccc(C#N)cc23)nc2ccccc21. The van der Waals surface area contributed by atoms with Crippen molar-refractivity contribution in [1.29, 1.82) is 5.26 Å². The predicted octanol–water partition coefficient (Wildman–Crippen LogP) is 10.4. The summed E-state index contributed by atoms with van der Waals surface area (Å²) in [5.41, 5.74) is 11.3. The van der Waals surface area contributed by atoms with Crippen molar-refractivity contribution >= 4 is 33.0 Å². The van der Waals surface area contributed by atoms with Crippen LogP contribution in [0.3, 0.4) is 0 Å². The van der Waals surface area contributed by atoms with Gasteiger partial charge < -0.3 is 4.42 Å². The molecule has 7 rings (SSSR count). The molecule has 0 radical (unpaired) electrons. The molecule has 5 aromatic carbocycles. The maximum Gasteiger partial charge on any atom is 0.149 e.